The lowest BCUT2D eigenvalue weighted by molar-refractivity contribution is -0.140. The monoisotopic (exact) mass is 537 g/mol. The van der Waals surface area contributed by atoms with Gasteiger partial charge in [0.05, 0.1) is 19.1 Å². The summed E-state index contributed by atoms with van der Waals surface area (Å²) in [6, 6.07) is 24.3. The van der Waals surface area contributed by atoms with Crippen LogP contribution in [0.15, 0.2) is 84.9 Å². The van der Waals surface area contributed by atoms with Crippen LogP contribution in [0.1, 0.15) is 25.0 Å². The van der Waals surface area contributed by atoms with E-state index in [9.17, 15) is 18.0 Å². The quantitative estimate of drug-likeness (QED) is 0.381. The average Bonchev–Trinajstić information content (AvgIpc) is 2.89. The summed E-state index contributed by atoms with van der Waals surface area (Å²) in [5.41, 5.74) is 2.00. The maximum atomic E-state index is 14.0. The summed E-state index contributed by atoms with van der Waals surface area (Å²) < 4.78 is 31.9. The molecule has 0 saturated carbocycles. The zero-order chi connectivity index (χ0) is 27.7. The largest absolute Gasteiger partial charge is 0.497 e. The third-order valence-electron chi connectivity index (χ3n) is 5.92. The van der Waals surface area contributed by atoms with Gasteiger partial charge in [-0.05, 0) is 37.1 Å². The molecule has 3 aromatic rings. The highest BCUT2D eigenvalue weighted by atomic mass is 32.2. The zero-order valence-electron chi connectivity index (χ0n) is 22.2. The standard InChI is InChI=1S/C29H35N3O5S/c1-22(2)30-29(34)27(18-23-12-7-5-8-13-23)31(20-24-14-9-6-10-15-24)28(33)21-32(38(4,35)36)25-16-11-17-26(19-25)37-3/h5-17,19,22,27H,18,20-21H2,1-4H3,(H,30,34)/t27-/m1/s1. The number of rotatable bonds is 12. The van der Waals surface area contributed by atoms with Gasteiger partial charge in [-0.3, -0.25) is 13.9 Å². The van der Waals surface area contributed by atoms with Crippen molar-refractivity contribution < 1.29 is 22.7 Å². The molecule has 0 spiro atoms. The first kappa shape index (κ1) is 28.7. The summed E-state index contributed by atoms with van der Waals surface area (Å²) in [5.74, 6) is -0.342. The van der Waals surface area contributed by atoms with Gasteiger partial charge < -0.3 is 15.0 Å². The zero-order valence-corrected chi connectivity index (χ0v) is 23.0. The van der Waals surface area contributed by atoms with Gasteiger partial charge in [-0.15, -0.1) is 0 Å². The van der Waals surface area contributed by atoms with Crippen LogP contribution in [0, 0.1) is 0 Å². The van der Waals surface area contributed by atoms with Crippen LogP contribution in [0.3, 0.4) is 0 Å². The number of amides is 2. The summed E-state index contributed by atoms with van der Waals surface area (Å²) in [6.07, 6.45) is 1.32. The minimum absolute atomic E-state index is 0.137. The summed E-state index contributed by atoms with van der Waals surface area (Å²) in [7, 11) is -2.35. The van der Waals surface area contributed by atoms with Gasteiger partial charge in [-0.1, -0.05) is 66.7 Å². The fraction of sp³-hybridized carbons (Fsp3) is 0.310. The predicted octanol–water partition coefficient (Wildman–Crippen LogP) is 3.63. The number of hydrogen-bond donors (Lipinski definition) is 1. The number of ether oxygens (including phenoxy) is 1. The number of carbonyl (C=O) groups excluding carboxylic acids is 2. The van der Waals surface area contributed by atoms with Crippen molar-refractivity contribution in [2.75, 3.05) is 24.2 Å². The molecule has 9 heteroatoms. The molecule has 0 radical (unpaired) electrons. The Morgan fingerprint density at radius 3 is 2.05 bits per heavy atom. The van der Waals surface area contributed by atoms with Crippen molar-refractivity contribution in [3.8, 4) is 5.75 Å². The Labute approximate surface area is 225 Å². The molecule has 0 aliphatic carbocycles. The second kappa shape index (κ2) is 13.1. The second-order valence-corrected chi connectivity index (χ2v) is 11.3. The Balaban J connectivity index is 2.04. The minimum Gasteiger partial charge on any atom is -0.497 e. The van der Waals surface area contributed by atoms with E-state index in [2.05, 4.69) is 5.32 Å². The Morgan fingerprint density at radius 2 is 1.50 bits per heavy atom. The molecule has 0 saturated heterocycles. The van der Waals surface area contributed by atoms with Gasteiger partial charge in [0.1, 0.15) is 18.3 Å². The van der Waals surface area contributed by atoms with Crippen LogP contribution in [0.2, 0.25) is 0 Å². The number of methoxy groups -OCH3 is 1. The van der Waals surface area contributed by atoms with Crippen molar-refractivity contribution in [1.29, 1.82) is 0 Å². The minimum atomic E-state index is -3.84. The lowest BCUT2D eigenvalue weighted by Gasteiger charge is -2.34. The summed E-state index contributed by atoms with van der Waals surface area (Å²) in [6.45, 7) is 3.38. The van der Waals surface area contributed by atoms with E-state index in [1.807, 2.05) is 74.5 Å². The van der Waals surface area contributed by atoms with Crippen LogP contribution >= 0.6 is 0 Å². The molecular weight excluding hydrogens is 502 g/mol. The molecule has 202 valence electrons. The van der Waals surface area contributed by atoms with Gasteiger partial charge in [0, 0.05) is 25.1 Å². The Bertz CT molecular complexity index is 1310. The van der Waals surface area contributed by atoms with Gasteiger partial charge in [-0.2, -0.15) is 0 Å². The molecule has 0 unspecified atom stereocenters. The van der Waals surface area contributed by atoms with Crippen molar-refractivity contribution in [3.05, 3.63) is 96.1 Å². The molecule has 2 amide bonds. The van der Waals surface area contributed by atoms with Crippen LogP contribution in [0.5, 0.6) is 5.75 Å². The summed E-state index contributed by atoms with van der Waals surface area (Å²) in [4.78, 5) is 28.9. The van der Waals surface area contributed by atoms with E-state index in [0.717, 1.165) is 21.7 Å². The first-order chi connectivity index (χ1) is 18.1. The van der Waals surface area contributed by atoms with E-state index in [1.165, 1.54) is 12.0 Å². The molecule has 0 bridgehead atoms. The fourth-order valence-corrected chi connectivity index (χ4v) is 4.94. The van der Waals surface area contributed by atoms with Gasteiger partial charge in [0.15, 0.2) is 0 Å². The highest BCUT2D eigenvalue weighted by Gasteiger charge is 2.33. The van der Waals surface area contributed by atoms with Crippen molar-refractivity contribution in [2.24, 2.45) is 0 Å². The van der Waals surface area contributed by atoms with Crippen LogP contribution in [-0.4, -0.2) is 57.1 Å². The van der Waals surface area contributed by atoms with E-state index < -0.39 is 28.5 Å². The molecule has 3 aromatic carbocycles. The van der Waals surface area contributed by atoms with E-state index in [-0.39, 0.29) is 24.9 Å². The Hall–Kier alpha value is -3.85. The molecule has 0 fully saturated rings. The smallest absolute Gasteiger partial charge is 0.244 e. The maximum Gasteiger partial charge on any atom is 0.244 e. The van der Waals surface area contributed by atoms with Gasteiger partial charge in [-0.25, -0.2) is 8.42 Å². The molecule has 1 N–H and O–H groups in total. The molecule has 0 heterocycles. The van der Waals surface area contributed by atoms with Crippen LogP contribution < -0.4 is 14.4 Å². The molecule has 3 rings (SSSR count). The fourth-order valence-electron chi connectivity index (χ4n) is 4.09. The van der Waals surface area contributed by atoms with E-state index >= 15 is 0 Å². The highest BCUT2D eigenvalue weighted by molar-refractivity contribution is 7.92. The maximum absolute atomic E-state index is 14.0. The molecule has 8 nitrogen and oxygen atoms in total. The van der Waals surface area contributed by atoms with Crippen LogP contribution in [-0.2, 0) is 32.6 Å². The lowest BCUT2D eigenvalue weighted by Crippen LogP contribution is -2.54. The number of hydrogen-bond acceptors (Lipinski definition) is 5. The molecule has 38 heavy (non-hydrogen) atoms. The second-order valence-electron chi connectivity index (χ2n) is 9.35. The van der Waals surface area contributed by atoms with E-state index in [1.54, 1.807) is 24.3 Å². The van der Waals surface area contributed by atoms with Gasteiger partial charge in [0.2, 0.25) is 21.8 Å². The average molecular weight is 538 g/mol. The number of nitrogens with zero attached hydrogens (tertiary/aromatic N) is 2. The number of carbonyl (C=O) groups is 2. The highest BCUT2D eigenvalue weighted by Crippen LogP contribution is 2.24. The van der Waals surface area contributed by atoms with Crippen molar-refractivity contribution >= 4 is 27.5 Å². The molecule has 0 aliphatic rings. The molecular formula is C29H35N3O5S. The Morgan fingerprint density at radius 1 is 0.895 bits per heavy atom. The third-order valence-corrected chi connectivity index (χ3v) is 7.06. The molecule has 0 aliphatic heterocycles. The SMILES string of the molecule is COc1cccc(N(CC(=O)N(Cc2ccccc2)[C@H](Cc2ccccc2)C(=O)NC(C)C)S(C)(=O)=O)c1. The van der Waals surface area contributed by atoms with E-state index in [0.29, 0.717) is 11.4 Å². The number of anilines is 1. The van der Waals surface area contributed by atoms with Crippen LogP contribution in [0.4, 0.5) is 5.69 Å². The summed E-state index contributed by atoms with van der Waals surface area (Å²) in [5, 5.41) is 2.93. The van der Waals surface area contributed by atoms with Crippen molar-refractivity contribution in [1.82, 2.24) is 10.2 Å². The Kier molecular flexibility index (Phi) is 9.90. The van der Waals surface area contributed by atoms with Gasteiger partial charge >= 0.3 is 0 Å². The third kappa shape index (κ3) is 8.08. The topological polar surface area (TPSA) is 96.0 Å². The van der Waals surface area contributed by atoms with Crippen LogP contribution in [0.25, 0.3) is 0 Å². The number of nitrogens with one attached hydrogen (secondary N) is 1. The van der Waals surface area contributed by atoms with E-state index in [4.69, 9.17) is 4.74 Å². The molecule has 0 aromatic heterocycles. The first-order valence-electron chi connectivity index (χ1n) is 12.4. The number of sulfonamides is 1. The predicted molar refractivity (Wildman–Crippen MR) is 149 cm³/mol. The summed E-state index contributed by atoms with van der Waals surface area (Å²) >= 11 is 0. The molecule has 1 atom stereocenters. The normalized spacial score (nSPS) is 12.0. The number of benzene rings is 3. The first-order valence-corrected chi connectivity index (χ1v) is 14.2. The van der Waals surface area contributed by atoms with Gasteiger partial charge in [0.25, 0.3) is 0 Å². The van der Waals surface area contributed by atoms with Crippen molar-refractivity contribution in [3.63, 3.8) is 0 Å². The van der Waals surface area contributed by atoms with Crippen molar-refractivity contribution in [2.45, 2.75) is 38.9 Å². The lowest BCUT2D eigenvalue weighted by atomic mass is 10.0.